The number of nitrogens with one attached hydrogen (secondary N) is 2. The Labute approximate surface area is 150 Å². The highest BCUT2D eigenvalue weighted by Crippen LogP contribution is 2.51. The first-order valence-corrected chi connectivity index (χ1v) is 8.76. The lowest BCUT2D eigenvalue weighted by Crippen LogP contribution is -2.45. The van der Waals surface area contributed by atoms with Gasteiger partial charge in [-0.15, -0.1) is 0 Å². The number of halogens is 3. The fourth-order valence-corrected chi connectivity index (χ4v) is 4.06. The van der Waals surface area contributed by atoms with E-state index < -0.39 is 28.6 Å². The van der Waals surface area contributed by atoms with Crippen molar-refractivity contribution in [3.63, 3.8) is 0 Å². The van der Waals surface area contributed by atoms with Crippen molar-refractivity contribution in [1.82, 2.24) is 10.6 Å². The van der Waals surface area contributed by atoms with E-state index in [1.807, 2.05) is 0 Å². The second-order valence-electron chi connectivity index (χ2n) is 7.79. The van der Waals surface area contributed by atoms with Crippen molar-refractivity contribution in [2.75, 3.05) is 6.54 Å². The van der Waals surface area contributed by atoms with Crippen LogP contribution >= 0.6 is 11.6 Å². The van der Waals surface area contributed by atoms with Crippen LogP contribution in [0.15, 0.2) is 12.1 Å². The standard InChI is InChI=1S/C18H21ClF2N2O2/c1-18(2)6-10(7-18)16(11-3-4-12(20)14(19)15(11)21)23-17(25)9-5-13(24)22-8-9/h3-4,9-10,16H,5-8H2,1-2H3,(H,22,24)(H,23,25)/t9-,16-/m0/s1. The third-order valence-corrected chi connectivity index (χ3v) is 5.49. The van der Waals surface area contributed by atoms with Crippen LogP contribution in [0.3, 0.4) is 0 Å². The molecular formula is C18H21ClF2N2O2. The Kier molecular flexibility index (Phi) is 4.75. The number of carbonyl (C=O) groups excluding carboxylic acids is 2. The van der Waals surface area contributed by atoms with Crippen LogP contribution in [0.5, 0.6) is 0 Å². The zero-order valence-electron chi connectivity index (χ0n) is 14.2. The van der Waals surface area contributed by atoms with E-state index in [-0.39, 0.29) is 41.7 Å². The molecule has 25 heavy (non-hydrogen) atoms. The van der Waals surface area contributed by atoms with Gasteiger partial charge in [0.2, 0.25) is 11.8 Å². The second kappa shape index (κ2) is 6.56. The second-order valence-corrected chi connectivity index (χ2v) is 8.17. The Hall–Kier alpha value is -1.69. The Bertz CT molecular complexity index is 715. The van der Waals surface area contributed by atoms with E-state index in [9.17, 15) is 18.4 Å². The molecule has 1 heterocycles. The minimum Gasteiger partial charge on any atom is -0.355 e. The summed E-state index contributed by atoms with van der Waals surface area (Å²) >= 11 is 5.71. The lowest BCUT2D eigenvalue weighted by molar-refractivity contribution is -0.128. The quantitative estimate of drug-likeness (QED) is 0.798. The molecule has 7 heteroatoms. The minimum atomic E-state index is -0.836. The summed E-state index contributed by atoms with van der Waals surface area (Å²) in [6.07, 6.45) is 1.75. The van der Waals surface area contributed by atoms with Gasteiger partial charge >= 0.3 is 0 Å². The molecule has 2 N–H and O–H groups in total. The SMILES string of the molecule is CC1(C)CC([C@H](NC(=O)[C@@H]2CNC(=O)C2)c2ccc(F)c(Cl)c2F)C1. The number of carbonyl (C=O) groups is 2. The van der Waals surface area contributed by atoms with Crippen molar-refractivity contribution in [3.8, 4) is 0 Å². The van der Waals surface area contributed by atoms with Gasteiger partial charge in [-0.1, -0.05) is 31.5 Å². The van der Waals surface area contributed by atoms with Gasteiger partial charge in [0, 0.05) is 18.5 Å². The Morgan fingerprint density at radius 1 is 1.36 bits per heavy atom. The summed E-state index contributed by atoms with van der Waals surface area (Å²) in [6, 6.07) is 1.87. The van der Waals surface area contributed by atoms with Crippen LogP contribution in [0.25, 0.3) is 0 Å². The lowest BCUT2D eigenvalue weighted by atomic mass is 9.61. The summed E-state index contributed by atoms with van der Waals surface area (Å²) in [5.41, 5.74) is 0.316. The first-order valence-electron chi connectivity index (χ1n) is 8.38. The number of benzene rings is 1. The zero-order chi connectivity index (χ0) is 18.4. The zero-order valence-corrected chi connectivity index (χ0v) is 14.9. The van der Waals surface area contributed by atoms with Gasteiger partial charge in [0.1, 0.15) is 16.7 Å². The molecule has 2 fully saturated rings. The third-order valence-electron chi connectivity index (χ3n) is 5.15. The molecule has 1 saturated heterocycles. The van der Waals surface area contributed by atoms with Gasteiger partial charge in [-0.05, 0) is 30.2 Å². The summed E-state index contributed by atoms with van der Waals surface area (Å²) in [7, 11) is 0. The number of hydrogen-bond donors (Lipinski definition) is 2. The molecule has 0 aromatic heterocycles. The molecule has 1 aliphatic carbocycles. The molecule has 1 aromatic carbocycles. The third kappa shape index (κ3) is 3.64. The van der Waals surface area contributed by atoms with Crippen molar-refractivity contribution < 1.29 is 18.4 Å². The first-order chi connectivity index (χ1) is 11.7. The molecule has 0 radical (unpaired) electrons. The van der Waals surface area contributed by atoms with Crippen LogP contribution in [-0.4, -0.2) is 18.4 Å². The molecule has 2 atom stereocenters. The van der Waals surface area contributed by atoms with Crippen LogP contribution in [0.4, 0.5) is 8.78 Å². The molecule has 4 nitrogen and oxygen atoms in total. The fourth-order valence-electron chi connectivity index (χ4n) is 3.89. The van der Waals surface area contributed by atoms with Crippen LogP contribution in [-0.2, 0) is 9.59 Å². The van der Waals surface area contributed by atoms with Gasteiger partial charge < -0.3 is 10.6 Å². The lowest BCUT2D eigenvalue weighted by Gasteiger charge is -2.47. The molecule has 0 unspecified atom stereocenters. The minimum absolute atomic E-state index is 0.0417. The van der Waals surface area contributed by atoms with E-state index in [2.05, 4.69) is 24.5 Å². The Morgan fingerprint density at radius 2 is 2.04 bits per heavy atom. The maximum atomic E-state index is 14.5. The molecule has 0 bridgehead atoms. The van der Waals surface area contributed by atoms with Crippen LogP contribution in [0, 0.1) is 28.9 Å². The van der Waals surface area contributed by atoms with Gasteiger partial charge in [-0.3, -0.25) is 9.59 Å². The van der Waals surface area contributed by atoms with Crippen molar-refractivity contribution in [1.29, 1.82) is 0 Å². The normalized spacial score (nSPS) is 23.7. The highest BCUT2D eigenvalue weighted by molar-refractivity contribution is 6.31. The summed E-state index contributed by atoms with van der Waals surface area (Å²) in [4.78, 5) is 23.8. The summed E-state index contributed by atoms with van der Waals surface area (Å²) in [5.74, 6) is -2.56. The van der Waals surface area contributed by atoms with Crippen molar-refractivity contribution in [3.05, 3.63) is 34.4 Å². The number of rotatable bonds is 4. The molecule has 0 spiro atoms. The molecule has 1 aromatic rings. The molecule has 2 aliphatic rings. The molecule has 2 amide bonds. The number of amides is 2. The van der Waals surface area contributed by atoms with Gasteiger partial charge in [-0.25, -0.2) is 8.78 Å². The maximum absolute atomic E-state index is 14.5. The van der Waals surface area contributed by atoms with E-state index in [1.54, 1.807) is 0 Å². The van der Waals surface area contributed by atoms with Gasteiger partial charge in [-0.2, -0.15) is 0 Å². The summed E-state index contributed by atoms with van der Waals surface area (Å²) < 4.78 is 28.0. The van der Waals surface area contributed by atoms with Gasteiger partial charge in [0.15, 0.2) is 0 Å². The van der Waals surface area contributed by atoms with Gasteiger partial charge in [0.05, 0.1) is 12.0 Å². The smallest absolute Gasteiger partial charge is 0.225 e. The maximum Gasteiger partial charge on any atom is 0.225 e. The Balaban J connectivity index is 1.85. The molecule has 1 aliphatic heterocycles. The highest BCUT2D eigenvalue weighted by Gasteiger charge is 2.43. The molecular weight excluding hydrogens is 350 g/mol. The topological polar surface area (TPSA) is 58.2 Å². The average Bonchev–Trinajstić information content (AvgIpc) is 2.95. The van der Waals surface area contributed by atoms with E-state index >= 15 is 0 Å². The van der Waals surface area contributed by atoms with Gasteiger partial charge in [0.25, 0.3) is 0 Å². The predicted octanol–water partition coefficient (Wildman–Crippen LogP) is 3.35. The molecule has 3 rings (SSSR count). The monoisotopic (exact) mass is 370 g/mol. The molecule has 136 valence electrons. The average molecular weight is 371 g/mol. The van der Waals surface area contributed by atoms with Crippen molar-refractivity contribution in [2.24, 2.45) is 17.3 Å². The first kappa shape index (κ1) is 18.1. The van der Waals surface area contributed by atoms with Crippen LogP contribution in [0.2, 0.25) is 5.02 Å². The van der Waals surface area contributed by atoms with E-state index in [0.717, 1.165) is 18.9 Å². The predicted molar refractivity (Wildman–Crippen MR) is 89.9 cm³/mol. The van der Waals surface area contributed by atoms with E-state index in [0.29, 0.717) is 0 Å². The fraction of sp³-hybridized carbons (Fsp3) is 0.556. The van der Waals surface area contributed by atoms with Crippen molar-refractivity contribution in [2.45, 2.75) is 39.2 Å². The largest absolute Gasteiger partial charge is 0.355 e. The highest BCUT2D eigenvalue weighted by atomic mass is 35.5. The van der Waals surface area contributed by atoms with E-state index in [4.69, 9.17) is 11.6 Å². The summed E-state index contributed by atoms with van der Waals surface area (Å²) in [5, 5.41) is 4.93. The van der Waals surface area contributed by atoms with E-state index in [1.165, 1.54) is 6.07 Å². The van der Waals surface area contributed by atoms with Crippen LogP contribution in [0.1, 0.15) is 44.7 Å². The number of hydrogen-bond acceptors (Lipinski definition) is 2. The molecule has 1 saturated carbocycles. The summed E-state index contributed by atoms with van der Waals surface area (Å²) in [6.45, 7) is 4.49. The Morgan fingerprint density at radius 3 is 2.60 bits per heavy atom. The van der Waals surface area contributed by atoms with Crippen molar-refractivity contribution >= 4 is 23.4 Å². The van der Waals surface area contributed by atoms with Crippen LogP contribution < -0.4 is 10.6 Å².